The Hall–Kier alpha value is -1.87. The van der Waals surface area contributed by atoms with Gasteiger partial charge in [0.2, 0.25) is 5.88 Å². The second kappa shape index (κ2) is 5.19. The van der Waals surface area contributed by atoms with Crippen molar-refractivity contribution in [1.82, 2.24) is 4.98 Å². The van der Waals surface area contributed by atoms with Crippen LogP contribution in [-0.4, -0.2) is 17.2 Å². The smallest absolute Gasteiger partial charge is 0.213 e. The molecular formula is C15H17NO2. The van der Waals surface area contributed by atoms with E-state index in [1.54, 1.807) is 19.2 Å². The first-order chi connectivity index (χ1) is 8.60. The van der Waals surface area contributed by atoms with Gasteiger partial charge in [0, 0.05) is 6.07 Å². The Labute approximate surface area is 107 Å². The van der Waals surface area contributed by atoms with Crippen molar-refractivity contribution < 1.29 is 9.84 Å². The number of ether oxygens (including phenoxy) is 1. The van der Waals surface area contributed by atoms with E-state index in [-0.39, 0.29) is 0 Å². The van der Waals surface area contributed by atoms with Crippen LogP contribution in [0.1, 0.15) is 28.5 Å². The molecule has 0 saturated carbocycles. The number of hydrogen-bond acceptors (Lipinski definition) is 3. The average Bonchev–Trinajstić information content (AvgIpc) is 2.37. The number of nitrogens with zero attached hydrogens (tertiary/aromatic N) is 1. The predicted octanol–water partition coefficient (Wildman–Crippen LogP) is 2.79. The zero-order chi connectivity index (χ0) is 13.1. The maximum Gasteiger partial charge on any atom is 0.213 e. The summed E-state index contributed by atoms with van der Waals surface area (Å²) in [5, 5.41) is 10.3. The van der Waals surface area contributed by atoms with Crippen molar-refractivity contribution in [1.29, 1.82) is 0 Å². The molecule has 1 heterocycles. The maximum absolute atomic E-state index is 10.3. The van der Waals surface area contributed by atoms with E-state index < -0.39 is 6.10 Å². The van der Waals surface area contributed by atoms with E-state index >= 15 is 0 Å². The van der Waals surface area contributed by atoms with Crippen molar-refractivity contribution in [3.8, 4) is 5.88 Å². The lowest BCUT2D eigenvalue weighted by molar-refractivity contribution is 0.213. The number of aliphatic hydroxyl groups excluding tert-OH is 1. The average molecular weight is 243 g/mol. The molecule has 2 rings (SSSR count). The van der Waals surface area contributed by atoms with Crippen molar-refractivity contribution in [3.63, 3.8) is 0 Å². The van der Waals surface area contributed by atoms with Gasteiger partial charge < -0.3 is 9.84 Å². The van der Waals surface area contributed by atoms with E-state index in [0.29, 0.717) is 11.6 Å². The molecule has 1 aromatic heterocycles. The molecule has 18 heavy (non-hydrogen) atoms. The summed E-state index contributed by atoms with van der Waals surface area (Å²) in [6.07, 6.45) is -0.723. The van der Waals surface area contributed by atoms with Gasteiger partial charge in [0.15, 0.2) is 0 Å². The molecule has 0 aliphatic heterocycles. The summed E-state index contributed by atoms with van der Waals surface area (Å²) in [6, 6.07) is 11.4. The normalized spacial score (nSPS) is 12.2. The van der Waals surface area contributed by atoms with Gasteiger partial charge in [0.05, 0.1) is 12.8 Å². The Balaban J connectivity index is 2.37. The SMILES string of the molecule is COc1cccc(C(O)c2cc(C)cc(C)c2)n1. The summed E-state index contributed by atoms with van der Waals surface area (Å²) in [7, 11) is 1.56. The molecule has 0 radical (unpaired) electrons. The van der Waals surface area contributed by atoms with Crippen LogP contribution in [0.2, 0.25) is 0 Å². The summed E-state index contributed by atoms with van der Waals surface area (Å²) in [6.45, 7) is 4.03. The van der Waals surface area contributed by atoms with Crippen LogP contribution in [0, 0.1) is 13.8 Å². The zero-order valence-electron chi connectivity index (χ0n) is 10.8. The molecule has 1 N–H and O–H groups in total. The Bertz CT molecular complexity index is 532. The van der Waals surface area contributed by atoms with Gasteiger partial charge in [-0.05, 0) is 25.5 Å². The van der Waals surface area contributed by atoms with Gasteiger partial charge in [-0.3, -0.25) is 0 Å². The minimum atomic E-state index is -0.723. The molecule has 94 valence electrons. The van der Waals surface area contributed by atoms with Crippen molar-refractivity contribution in [2.45, 2.75) is 20.0 Å². The first kappa shape index (κ1) is 12.6. The van der Waals surface area contributed by atoms with Crippen molar-refractivity contribution in [2.24, 2.45) is 0 Å². The van der Waals surface area contributed by atoms with Crippen LogP contribution < -0.4 is 4.74 Å². The van der Waals surface area contributed by atoms with E-state index in [1.807, 2.05) is 32.0 Å². The predicted molar refractivity (Wildman–Crippen MR) is 70.8 cm³/mol. The van der Waals surface area contributed by atoms with Crippen LogP contribution in [0.15, 0.2) is 36.4 Å². The Kier molecular flexibility index (Phi) is 3.63. The van der Waals surface area contributed by atoms with Crippen LogP contribution in [0.5, 0.6) is 5.88 Å². The van der Waals surface area contributed by atoms with Gasteiger partial charge in [-0.1, -0.05) is 35.4 Å². The van der Waals surface area contributed by atoms with Crippen molar-refractivity contribution >= 4 is 0 Å². The second-order valence-corrected chi connectivity index (χ2v) is 4.43. The van der Waals surface area contributed by atoms with E-state index in [2.05, 4.69) is 11.1 Å². The number of pyridine rings is 1. The fraction of sp³-hybridized carbons (Fsp3) is 0.267. The number of aromatic nitrogens is 1. The number of aryl methyl sites for hydroxylation is 2. The fourth-order valence-corrected chi connectivity index (χ4v) is 2.04. The molecule has 3 heteroatoms. The molecule has 0 spiro atoms. The third kappa shape index (κ3) is 2.68. The molecule has 3 nitrogen and oxygen atoms in total. The number of aliphatic hydroxyl groups is 1. The third-order valence-electron chi connectivity index (χ3n) is 2.79. The minimum absolute atomic E-state index is 0.510. The van der Waals surface area contributed by atoms with Gasteiger partial charge >= 0.3 is 0 Å². The molecule has 1 aromatic carbocycles. The lowest BCUT2D eigenvalue weighted by atomic mass is 10.0. The van der Waals surface area contributed by atoms with Crippen LogP contribution in [0.4, 0.5) is 0 Å². The zero-order valence-corrected chi connectivity index (χ0v) is 10.8. The summed E-state index contributed by atoms with van der Waals surface area (Å²) in [5.41, 5.74) is 3.71. The second-order valence-electron chi connectivity index (χ2n) is 4.43. The lowest BCUT2D eigenvalue weighted by Gasteiger charge is -2.13. The molecule has 0 amide bonds. The molecule has 0 aliphatic rings. The van der Waals surface area contributed by atoms with E-state index in [9.17, 15) is 5.11 Å². The summed E-state index contributed by atoms with van der Waals surface area (Å²) in [5.74, 6) is 0.510. The van der Waals surface area contributed by atoms with Gasteiger partial charge in [0.1, 0.15) is 6.10 Å². The number of hydrogen-bond donors (Lipinski definition) is 1. The van der Waals surface area contributed by atoms with E-state index in [0.717, 1.165) is 16.7 Å². The van der Waals surface area contributed by atoms with Gasteiger partial charge in [0.25, 0.3) is 0 Å². The number of methoxy groups -OCH3 is 1. The fourth-order valence-electron chi connectivity index (χ4n) is 2.04. The number of benzene rings is 1. The molecular weight excluding hydrogens is 226 g/mol. The minimum Gasteiger partial charge on any atom is -0.481 e. The first-order valence-corrected chi connectivity index (χ1v) is 5.87. The van der Waals surface area contributed by atoms with Gasteiger partial charge in [-0.15, -0.1) is 0 Å². The highest BCUT2D eigenvalue weighted by Gasteiger charge is 2.13. The Morgan fingerprint density at radius 3 is 2.39 bits per heavy atom. The molecule has 0 saturated heterocycles. The van der Waals surface area contributed by atoms with E-state index in [4.69, 9.17) is 4.74 Å². The molecule has 0 bridgehead atoms. The quantitative estimate of drug-likeness (QED) is 0.901. The van der Waals surface area contributed by atoms with Crippen LogP contribution >= 0.6 is 0 Å². The molecule has 1 atom stereocenters. The topological polar surface area (TPSA) is 42.4 Å². The number of rotatable bonds is 3. The summed E-state index contributed by atoms with van der Waals surface area (Å²) >= 11 is 0. The van der Waals surface area contributed by atoms with Crippen LogP contribution in [-0.2, 0) is 0 Å². The molecule has 2 aromatic rings. The van der Waals surface area contributed by atoms with Gasteiger partial charge in [-0.25, -0.2) is 4.98 Å². The van der Waals surface area contributed by atoms with Crippen molar-refractivity contribution in [2.75, 3.05) is 7.11 Å². The largest absolute Gasteiger partial charge is 0.481 e. The van der Waals surface area contributed by atoms with E-state index in [1.165, 1.54) is 0 Å². The molecule has 0 fully saturated rings. The first-order valence-electron chi connectivity index (χ1n) is 5.87. The summed E-state index contributed by atoms with van der Waals surface area (Å²) < 4.78 is 5.07. The van der Waals surface area contributed by atoms with Crippen LogP contribution in [0.3, 0.4) is 0 Å². The molecule has 1 unspecified atom stereocenters. The monoisotopic (exact) mass is 243 g/mol. The highest BCUT2D eigenvalue weighted by Crippen LogP contribution is 2.23. The maximum atomic E-state index is 10.3. The highest BCUT2D eigenvalue weighted by atomic mass is 16.5. The Morgan fingerprint density at radius 1 is 1.11 bits per heavy atom. The third-order valence-corrected chi connectivity index (χ3v) is 2.79. The standard InChI is InChI=1S/C15H17NO2/c1-10-7-11(2)9-12(8-10)15(17)13-5-4-6-14(16-13)18-3/h4-9,15,17H,1-3H3. The summed E-state index contributed by atoms with van der Waals surface area (Å²) in [4.78, 5) is 4.25. The molecule has 0 aliphatic carbocycles. The Morgan fingerprint density at radius 2 is 1.78 bits per heavy atom. The highest BCUT2D eigenvalue weighted by molar-refractivity contribution is 5.34. The van der Waals surface area contributed by atoms with Crippen molar-refractivity contribution in [3.05, 3.63) is 58.8 Å². The van der Waals surface area contributed by atoms with Crippen LogP contribution in [0.25, 0.3) is 0 Å². The van der Waals surface area contributed by atoms with Gasteiger partial charge in [-0.2, -0.15) is 0 Å². The lowest BCUT2D eigenvalue weighted by Crippen LogP contribution is -2.04.